The van der Waals surface area contributed by atoms with Crippen molar-refractivity contribution in [1.29, 1.82) is 0 Å². The molecule has 0 aromatic heterocycles. The third-order valence-electron chi connectivity index (χ3n) is 2.12. The van der Waals surface area contributed by atoms with E-state index in [1.54, 1.807) is 6.08 Å². The Balaban J connectivity index is 2.33. The Labute approximate surface area is 79.9 Å². The number of hydrogen-bond donors (Lipinski definition) is 1. The van der Waals surface area contributed by atoms with E-state index in [1.807, 2.05) is 12.2 Å². The molecule has 1 N–H and O–H groups in total. The van der Waals surface area contributed by atoms with Crippen LogP contribution in [-0.4, -0.2) is 5.11 Å². The molecule has 62 valence electrons. The van der Waals surface area contributed by atoms with Crippen LogP contribution in [0.3, 0.4) is 0 Å². The molecule has 0 bridgehead atoms. The predicted molar refractivity (Wildman–Crippen MR) is 53.1 cm³/mol. The summed E-state index contributed by atoms with van der Waals surface area (Å²) in [7, 11) is 0. The maximum absolute atomic E-state index is 9.28. The quantitative estimate of drug-likeness (QED) is 0.671. The molecule has 0 spiro atoms. The first-order valence-electron chi connectivity index (χ1n) is 3.91. The number of halogens is 1. The van der Waals surface area contributed by atoms with Crippen LogP contribution in [-0.2, 0) is 0 Å². The first kappa shape index (κ1) is 7.87. The molecule has 2 aliphatic rings. The van der Waals surface area contributed by atoms with Gasteiger partial charge in [0, 0.05) is 16.8 Å². The molecule has 0 saturated carbocycles. The van der Waals surface area contributed by atoms with Gasteiger partial charge in [0.05, 0.1) is 5.76 Å². The van der Waals surface area contributed by atoms with Gasteiger partial charge in [0.15, 0.2) is 0 Å². The monoisotopic (exact) mass is 224 g/mol. The molecule has 1 atom stereocenters. The summed E-state index contributed by atoms with van der Waals surface area (Å²) >= 11 is 3.42. The number of fused-ring (bicyclic) bond motifs is 1. The van der Waals surface area contributed by atoms with Crippen molar-refractivity contribution in [2.75, 3.05) is 0 Å². The molecule has 1 nitrogen and oxygen atoms in total. The second kappa shape index (κ2) is 2.94. The smallest absolute Gasteiger partial charge is 0.0931 e. The average molecular weight is 225 g/mol. The maximum atomic E-state index is 9.28. The highest BCUT2D eigenvalue weighted by atomic mass is 79.9. The van der Waals surface area contributed by atoms with Crippen molar-refractivity contribution in [3.05, 3.63) is 46.2 Å². The lowest BCUT2D eigenvalue weighted by Crippen LogP contribution is -2.07. The van der Waals surface area contributed by atoms with E-state index in [4.69, 9.17) is 0 Å². The summed E-state index contributed by atoms with van der Waals surface area (Å²) in [6.07, 6.45) is 10.7. The molecule has 2 heteroatoms. The fourth-order valence-electron chi connectivity index (χ4n) is 1.49. The summed E-state index contributed by atoms with van der Waals surface area (Å²) in [5.41, 5.74) is 1.27. The first-order valence-corrected chi connectivity index (χ1v) is 4.70. The van der Waals surface area contributed by atoms with Crippen molar-refractivity contribution in [2.45, 2.75) is 6.42 Å². The lowest BCUT2D eigenvalue weighted by Gasteiger charge is -2.20. The molecule has 2 aliphatic carbocycles. The van der Waals surface area contributed by atoms with Crippen LogP contribution in [0.1, 0.15) is 6.42 Å². The number of aliphatic hydroxyl groups excluding tert-OH is 1. The molecular formula is C10H9BrO. The van der Waals surface area contributed by atoms with Gasteiger partial charge in [-0.2, -0.15) is 0 Å². The minimum atomic E-state index is 0.356. The van der Waals surface area contributed by atoms with Crippen LogP contribution in [0.2, 0.25) is 0 Å². The van der Waals surface area contributed by atoms with Crippen molar-refractivity contribution >= 4 is 15.9 Å². The Hall–Kier alpha value is -0.760. The first-order chi connectivity index (χ1) is 5.75. The van der Waals surface area contributed by atoms with Crippen LogP contribution in [0.25, 0.3) is 0 Å². The standard InChI is InChI=1S/C10H9BrO/c11-9-3-1-7-2-4-10(12)6-8(7)5-9/h1-5,8,12H,6H2. The Bertz CT molecular complexity index is 321. The van der Waals surface area contributed by atoms with E-state index in [0.29, 0.717) is 11.7 Å². The van der Waals surface area contributed by atoms with E-state index < -0.39 is 0 Å². The highest BCUT2D eigenvalue weighted by Crippen LogP contribution is 2.32. The molecule has 0 fully saturated rings. The highest BCUT2D eigenvalue weighted by Gasteiger charge is 2.17. The fraction of sp³-hybridized carbons (Fsp3) is 0.200. The fourth-order valence-corrected chi connectivity index (χ4v) is 1.94. The summed E-state index contributed by atoms with van der Waals surface area (Å²) in [4.78, 5) is 0. The Morgan fingerprint density at radius 1 is 1.33 bits per heavy atom. The van der Waals surface area contributed by atoms with Crippen LogP contribution < -0.4 is 0 Å². The molecule has 0 amide bonds. The lowest BCUT2D eigenvalue weighted by molar-refractivity contribution is 0.373. The molecule has 12 heavy (non-hydrogen) atoms. The van der Waals surface area contributed by atoms with Gasteiger partial charge in [0.1, 0.15) is 0 Å². The zero-order chi connectivity index (χ0) is 8.55. The molecule has 0 radical (unpaired) electrons. The SMILES string of the molecule is OC1=CC=C2C=CC(Br)=CC2C1. The predicted octanol–water partition coefficient (Wildman–Crippen LogP) is 3.22. The minimum Gasteiger partial charge on any atom is -0.512 e. The van der Waals surface area contributed by atoms with Gasteiger partial charge in [-0.05, 0) is 17.7 Å². The normalized spacial score (nSPS) is 27.1. The Morgan fingerprint density at radius 3 is 3.00 bits per heavy atom. The Kier molecular flexibility index (Phi) is 1.93. The molecule has 2 rings (SSSR count). The van der Waals surface area contributed by atoms with Crippen molar-refractivity contribution < 1.29 is 5.11 Å². The average Bonchev–Trinajstić information content (AvgIpc) is 2.03. The molecule has 0 heterocycles. The maximum Gasteiger partial charge on any atom is 0.0931 e. The second-order valence-corrected chi connectivity index (χ2v) is 3.94. The van der Waals surface area contributed by atoms with Gasteiger partial charge in [-0.15, -0.1) is 0 Å². The van der Waals surface area contributed by atoms with Crippen LogP contribution in [0.4, 0.5) is 0 Å². The van der Waals surface area contributed by atoms with Gasteiger partial charge >= 0.3 is 0 Å². The van der Waals surface area contributed by atoms with Gasteiger partial charge in [-0.25, -0.2) is 0 Å². The molecule has 0 saturated heterocycles. The highest BCUT2D eigenvalue weighted by molar-refractivity contribution is 9.11. The van der Waals surface area contributed by atoms with Gasteiger partial charge in [-0.1, -0.05) is 34.2 Å². The summed E-state index contributed by atoms with van der Waals surface area (Å²) < 4.78 is 1.10. The van der Waals surface area contributed by atoms with Gasteiger partial charge in [0.2, 0.25) is 0 Å². The molecule has 0 aromatic rings. The van der Waals surface area contributed by atoms with Crippen LogP contribution in [0.5, 0.6) is 0 Å². The minimum absolute atomic E-state index is 0.356. The summed E-state index contributed by atoms with van der Waals surface area (Å²) in [6, 6.07) is 0. The molecule has 1 unspecified atom stereocenters. The van der Waals surface area contributed by atoms with E-state index >= 15 is 0 Å². The topological polar surface area (TPSA) is 20.2 Å². The lowest BCUT2D eigenvalue weighted by atomic mass is 9.87. The van der Waals surface area contributed by atoms with Gasteiger partial charge in [-0.3, -0.25) is 0 Å². The van der Waals surface area contributed by atoms with E-state index in [1.165, 1.54) is 5.57 Å². The Morgan fingerprint density at radius 2 is 2.17 bits per heavy atom. The van der Waals surface area contributed by atoms with Gasteiger partial charge in [0.25, 0.3) is 0 Å². The van der Waals surface area contributed by atoms with Crippen LogP contribution in [0.15, 0.2) is 46.2 Å². The van der Waals surface area contributed by atoms with E-state index in [0.717, 1.165) is 10.9 Å². The van der Waals surface area contributed by atoms with Crippen molar-refractivity contribution in [2.24, 2.45) is 5.92 Å². The third kappa shape index (κ3) is 1.39. The molecule has 0 aromatic carbocycles. The number of hydrogen-bond acceptors (Lipinski definition) is 1. The second-order valence-electron chi connectivity index (χ2n) is 3.02. The van der Waals surface area contributed by atoms with Crippen LogP contribution in [0, 0.1) is 5.92 Å². The van der Waals surface area contributed by atoms with Crippen molar-refractivity contribution in [1.82, 2.24) is 0 Å². The van der Waals surface area contributed by atoms with E-state index in [-0.39, 0.29) is 0 Å². The van der Waals surface area contributed by atoms with Crippen molar-refractivity contribution in [3.8, 4) is 0 Å². The zero-order valence-corrected chi connectivity index (χ0v) is 8.08. The number of aliphatic hydroxyl groups is 1. The molecular weight excluding hydrogens is 216 g/mol. The summed E-state index contributed by atoms with van der Waals surface area (Å²) in [5, 5.41) is 9.28. The molecule has 0 aliphatic heterocycles. The third-order valence-corrected chi connectivity index (χ3v) is 2.65. The summed E-state index contributed by atoms with van der Waals surface area (Å²) in [5.74, 6) is 0.824. The van der Waals surface area contributed by atoms with Crippen molar-refractivity contribution in [3.63, 3.8) is 0 Å². The van der Waals surface area contributed by atoms with Gasteiger partial charge < -0.3 is 5.11 Å². The number of allylic oxidation sites excluding steroid dienone is 8. The van der Waals surface area contributed by atoms with E-state index in [2.05, 4.69) is 28.1 Å². The van der Waals surface area contributed by atoms with Crippen LogP contribution >= 0.6 is 15.9 Å². The van der Waals surface area contributed by atoms with E-state index in [9.17, 15) is 5.11 Å². The zero-order valence-electron chi connectivity index (χ0n) is 6.50. The largest absolute Gasteiger partial charge is 0.512 e. The summed E-state index contributed by atoms with van der Waals surface area (Å²) in [6.45, 7) is 0. The number of rotatable bonds is 0.